The first-order valence-corrected chi connectivity index (χ1v) is 9.25. The van der Waals surface area contributed by atoms with Gasteiger partial charge in [0.2, 0.25) is 0 Å². The number of piperidine rings is 1. The van der Waals surface area contributed by atoms with Crippen molar-refractivity contribution in [3.8, 4) is 0 Å². The Morgan fingerprint density at radius 3 is 2.68 bits per heavy atom. The molecule has 0 spiro atoms. The van der Waals surface area contributed by atoms with E-state index in [9.17, 15) is 9.59 Å². The Kier molecular flexibility index (Phi) is 5.55. The molecule has 0 aromatic carbocycles. The van der Waals surface area contributed by atoms with Gasteiger partial charge in [0, 0.05) is 37.7 Å². The number of carbonyl (C=O) groups excluding carboxylic acids is 2. The smallest absolute Gasteiger partial charge is 0.271 e. The van der Waals surface area contributed by atoms with E-state index in [4.69, 9.17) is 11.5 Å². The molecule has 0 aromatic rings. The van der Waals surface area contributed by atoms with Gasteiger partial charge in [0.1, 0.15) is 22.4 Å². The minimum atomic E-state index is -0.619. The Morgan fingerprint density at radius 2 is 2.08 bits per heavy atom. The first-order valence-electron chi connectivity index (χ1n) is 8.46. The Balaban J connectivity index is 1.64. The van der Waals surface area contributed by atoms with Gasteiger partial charge in [0.15, 0.2) is 5.70 Å². The Labute approximate surface area is 154 Å². The lowest BCUT2D eigenvalue weighted by Crippen LogP contribution is -2.49. The second-order valence-corrected chi connectivity index (χ2v) is 7.31. The fourth-order valence-corrected chi connectivity index (χ4v) is 3.65. The maximum atomic E-state index is 11.6. The summed E-state index contributed by atoms with van der Waals surface area (Å²) in [4.78, 5) is 29.5. The van der Waals surface area contributed by atoms with Crippen molar-refractivity contribution in [2.24, 2.45) is 16.5 Å². The highest BCUT2D eigenvalue weighted by Gasteiger charge is 2.27. The van der Waals surface area contributed by atoms with Crippen LogP contribution in [-0.4, -0.2) is 46.5 Å². The number of allylic oxidation sites excluding steroid dienone is 1. The summed E-state index contributed by atoms with van der Waals surface area (Å²) in [6.45, 7) is 1.71. The largest absolute Gasteiger partial charge is 0.364 e. The second-order valence-electron chi connectivity index (χ2n) is 6.50. The summed E-state index contributed by atoms with van der Waals surface area (Å²) < 4.78 is 0.434. The van der Waals surface area contributed by atoms with Crippen molar-refractivity contribution in [3.05, 3.63) is 23.3 Å². The number of rotatable bonds is 4. The van der Waals surface area contributed by atoms with Gasteiger partial charge in [-0.3, -0.25) is 14.5 Å². The predicted molar refractivity (Wildman–Crippen MR) is 98.4 cm³/mol. The quantitative estimate of drug-likeness (QED) is 0.517. The number of ketones is 1. The molecule has 2 unspecified atom stereocenters. The number of amides is 1. The number of nitrogens with one attached hydrogen (secondary N) is 2. The van der Waals surface area contributed by atoms with Crippen LogP contribution in [0.4, 0.5) is 0 Å². The van der Waals surface area contributed by atoms with E-state index in [1.165, 1.54) is 0 Å². The number of hydrogen-bond acceptors (Lipinski definition) is 7. The molecular weight excluding hydrogens is 388 g/mol. The minimum Gasteiger partial charge on any atom is -0.364 e. The molecule has 6 N–H and O–H groups in total. The van der Waals surface area contributed by atoms with E-state index in [-0.39, 0.29) is 5.70 Å². The normalized spacial score (nSPS) is 28.2. The molecule has 0 radical (unpaired) electrons. The zero-order chi connectivity index (χ0) is 18.0. The van der Waals surface area contributed by atoms with Crippen LogP contribution >= 0.6 is 15.9 Å². The van der Waals surface area contributed by atoms with Gasteiger partial charge < -0.3 is 22.1 Å². The zero-order valence-corrected chi connectivity index (χ0v) is 15.5. The molecule has 2 atom stereocenters. The van der Waals surface area contributed by atoms with Crippen molar-refractivity contribution < 1.29 is 9.59 Å². The molecule has 1 amide bonds. The highest BCUT2D eigenvalue weighted by molar-refractivity contribution is 9.18. The molecule has 3 aliphatic rings. The van der Waals surface area contributed by atoms with E-state index < -0.39 is 12.1 Å². The molecule has 1 saturated heterocycles. The molecule has 1 fully saturated rings. The summed E-state index contributed by atoms with van der Waals surface area (Å²) >= 11 is 3.22. The predicted octanol–water partition coefficient (Wildman–Crippen LogP) is 0.0131. The van der Waals surface area contributed by atoms with Crippen LogP contribution in [0.1, 0.15) is 32.1 Å². The molecule has 9 heteroatoms. The number of carbonyl (C=O) groups is 2. The molecular formula is C16H23BrN6O2. The summed E-state index contributed by atoms with van der Waals surface area (Å²) in [6, 6.07) is 0.469. The van der Waals surface area contributed by atoms with Crippen LogP contribution in [0.5, 0.6) is 0 Å². The molecule has 0 aromatic heterocycles. The standard InChI is InChI=1S/C16H23BrN6O2/c17-13-14(18)22-16(12(21-13)15(19)25)20-9-1-3-10(4-2-9)23-7-5-11(24)6-8-23/h1,10,14,20,22H,2-8,18H2,(H2,19,25). The maximum Gasteiger partial charge on any atom is 0.271 e. The van der Waals surface area contributed by atoms with Crippen molar-refractivity contribution in [1.29, 1.82) is 0 Å². The van der Waals surface area contributed by atoms with Crippen molar-refractivity contribution in [2.45, 2.75) is 44.3 Å². The molecule has 25 heavy (non-hydrogen) atoms. The van der Waals surface area contributed by atoms with Crippen LogP contribution in [0.3, 0.4) is 0 Å². The molecule has 1 aliphatic carbocycles. The third kappa shape index (κ3) is 4.28. The molecule has 0 bridgehead atoms. The van der Waals surface area contributed by atoms with Gasteiger partial charge in [-0.25, -0.2) is 4.99 Å². The van der Waals surface area contributed by atoms with Gasteiger partial charge in [-0.15, -0.1) is 0 Å². The molecule has 136 valence electrons. The number of aliphatic imine (C=N–C) groups is 1. The number of halogens is 1. The van der Waals surface area contributed by atoms with Gasteiger partial charge in [0.05, 0.1) is 0 Å². The van der Waals surface area contributed by atoms with Crippen molar-refractivity contribution in [3.63, 3.8) is 0 Å². The number of nitrogens with zero attached hydrogens (tertiary/aromatic N) is 2. The number of primary amides is 1. The third-order valence-corrected chi connectivity index (χ3v) is 5.46. The first kappa shape index (κ1) is 18.1. The average Bonchev–Trinajstić information content (AvgIpc) is 2.59. The number of nitrogens with two attached hydrogens (primary N) is 2. The Bertz CT molecular complexity index is 662. The lowest BCUT2D eigenvalue weighted by Gasteiger charge is -2.36. The minimum absolute atomic E-state index is 0.131. The molecule has 2 aliphatic heterocycles. The summed E-state index contributed by atoms with van der Waals surface area (Å²) in [7, 11) is 0. The average molecular weight is 411 g/mol. The lowest BCUT2D eigenvalue weighted by atomic mass is 9.95. The maximum absolute atomic E-state index is 11.6. The van der Waals surface area contributed by atoms with Gasteiger partial charge >= 0.3 is 0 Å². The summed E-state index contributed by atoms with van der Waals surface area (Å²) in [5, 5.41) is 6.22. The number of likely N-dealkylation sites (tertiary alicyclic amines) is 1. The van der Waals surface area contributed by atoms with Crippen LogP contribution in [-0.2, 0) is 9.59 Å². The van der Waals surface area contributed by atoms with Crippen LogP contribution in [0, 0.1) is 0 Å². The zero-order valence-electron chi connectivity index (χ0n) is 13.9. The summed E-state index contributed by atoms with van der Waals surface area (Å²) in [5.74, 6) is 0.185. The Morgan fingerprint density at radius 1 is 1.36 bits per heavy atom. The highest BCUT2D eigenvalue weighted by atomic mass is 79.9. The van der Waals surface area contributed by atoms with E-state index >= 15 is 0 Å². The lowest BCUT2D eigenvalue weighted by molar-refractivity contribution is -0.122. The van der Waals surface area contributed by atoms with E-state index in [1.807, 2.05) is 0 Å². The van der Waals surface area contributed by atoms with Gasteiger partial charge in [-0.2, -0.15) is 0 Å². The highest BCUT2D eigenvalue weighted by Crippen LogP contribution is 2.24. The van der Waals surface area contributed by atoms with Gasteiger partial charge in [0.25, 0.3) is 5.91 Å². The topological polar surface area (TPSA) is 126 Å². The van der Waals surface area contributed by atoms with Crippen molar-refractivity contribution in [2.75, 3.05) is 13.1 Å². The SMILES string of the molecule is NC(=O)C1=C(NC2=CCC(N3CCC(=O)CC3)CC2)NC(N)C(Br)=N1. The summed E-state index contributed by atoms with van der Waals surface area (Å²) in [6.07, 6.45) is 5.71. The van der Waals surface area contributed by atoms with E-state index in [2.05, 4.69) is 42.5 Å². The van der Waals surface area contributed by atoms with Crippen molar-refractivity contribution in [1.82, 2.24) is 15.5 Å². The molecule has 2 heterocycles. The van der Waals surface area contributed by atoms with E-state index in [1.54, 1.807) is 0 Å². The van der Waals surface area contributed by atoms with Gasteiger partial charge in [-0.1, -0.05) is 6.08 Å². The third-order valence-electron chi connectivity index (χ3n) is 4.79. The van der Waals surface area contributed by atoms with Crippen LogP contribution in [0.15, 0.2) is 28.3 Å². The molecule has 8 nitrogen and oxygen atoms in total. The Hall–Kier alpha value is -1.71. The van der Waals surface area contributed by atoms with E-state index in [0.29, 0.717) is 35.1 Å². The number of Topliss-reactive ketones (excluding diaryl/α,β-unsaturated/α-hetero) is 1. The summed E-state index contributed by atoms with van der Waals surface area (Å²) in [5.41, 5.74) is 12.5. The van der Waals surface area contributed by atoms with Crippen LogP contribution in [0.2, 0.25) is 0 Å². The van der Waals surface area contributed by atoms with E-state index in [0.717, 1.165) is 38.0 Å². The molecule has 0 saturated carbocycles. The number of hydrogen-bond donors (Lipinski definition) is 4. The fraction of sp³-hybridized carbons (Fsp3) is 0.562. The fourth-order valence-electron chi connectivity index (χ4n) is 3.35. The molecule has 3 rings (SSSR count). The first-order chi connectivity index (χ1) is 11.9. The second kappa shape index (κ2) is 7.67. The van der Waals surface area contributed by atoms with Crippen molar-refractivity contribution >= 4 is 32.2 Å². The monoisotopic (exact) mass is 410 g/mol. The van der Waals surface area contributed by atoms with Crippen LogP contribution < -0.4 is 22.1 Å². The van der Waals surface area contributed by atoms with Gasteiger partial charge in [-0.05, 0) is 35.2 Å². The van der Waals surface area contributed by atoms with Crippen LogP contribution in [0.25, 0.3) is 0 Å².